The zero-order valence-corrected chi connectivity index (χ0v) is 11.9. The van der Waals surface area contributed by atoms with Crippen molar-refractivity contribution in [1.82, 2.24) is 10.3 Å². The van der Waals surface area contributed by atoms with E-state index in [9.17, 15) is 14.9 Å². The van der Waals surface area contributed by atoms with Crippen LogP contribution < -0.4 is 11.1 Å². The average Bonchev–Trinajstić information content (AvgIpc) is 2.47. The Morgan fingerprint density at radius 3 is 2.81 bits per heavy atom. The molecule has 21 heavy (non-hydrogen) atoms. The summed E-state index contributed by atoms with van der Waals surface area (Å²) in [5.41, 5.74) is 5.15. The molecule has 2 rings (SSSR count). The van der Waals surface area contributed by atoms with Crippen LogP contribution in [-0.4, -0.2) is 22.4 Å². The normalized spacial score (nSPS) is 15.6. The number of carbonyl (C=O) groups excluding carboxylic acids is 1. The molecule has 7 heteroatoms. The van der Waals surface area contributed by atoms with Crippen molar-refractivity contribution >= 4 is 17.4 Å². The second-order valence-corrected chi connectivity index (χ2v) is 5.43. The first kappa shape index (κ1) is 15.2. The second-order valence-electron chi connectivity index (χ2n) is 5.43. The Hall–Kier alpha value is -2.18. The second kappa shape index (κ2) is 7.01. The van der Waals surface area contributed by atoms with Crippen LogP contribution in [0.2, 0.25) is 0 Å². The molecule has 0 bridgehead atoms. The molecule has 7 nitrogen and oxygen atoms in total. The van der Waals surface area contributed by atoms with Gasteiger partial charge in [0, 0.05) is 6.54 Å². The number of anilines is 1. The summed E-state index contributed by atoms with van der Waals surface area (Å²) >= 11 is 0. The highest BCUT2D eigenvalue weighted by atomic mass is 16.6. The molecular weight excluding hydrogens is 272 g/mol. The van der Waals surface area contributed by atoms with Crippen LogP contribution >= 0.6 is 0 Å². The number of pyridine rings is 1. The third-order valence-corrected chi connectivity index (χ3v) is 3.91. The number of nitrogen functional groups attached to an aromatic ring is 1. The first-order chi connectivity index (χ1) is 10.1. The quantitative estimate of drug-likeness (QED) is 0.638. The Kier molecular flexibility index (Phi) is 5.08. The van der Waals surface area contributed by atoms with E-state index >= 15 is 0 Å². The molecule has 1 aliphatic rings. The fourth-order valence-electron chi connectivity index (χ4n) is 2.75. The number of rotatable bonds is 5. The maximum atomic E-state index is 12.1. The molecule has 0 saturated heterocycles. The number of hydrogen-bond acceptors (Lipinski definition) is 5. The summed E-state index contributed by atoms with van der Waals surface area (Å²) in [6.45, 7) is 0.531. The van der Waals surface area contributed by atoms with Gasteiger partial charge in [-0.1, -0.05) is 32.1 Å². The summed E-state index contributed by atoms with van der Waals surface area (Å²) < 4.78 is 0. The molecule has 0 atom stereocenters. The first-order valence-electron chi connectivity index (χ1n) is 7.26. The van der Waals surface area contributed by atoms with Gasteiger partial charge in [0.15, 0.2) is 0 Å². The van der Waals surface area contributed by atoms with Gasteiger partial charge in [0.2, 0.25) is 0 Å². The summed E-state index contributed by atoms with van der Waals surface area (Å²) in [6.07, 6.45) is 8.16. The van der Waals surface area contributed by atoms with Crippen molar-refractivity contribution in [3.05, 3.63) is 27.9 Å². The van der Waals surface area contributed by atoms with Crippen molar-refractivity contribution in [1.29, 1.82) is 0 Å². The molecule has 1 aliphatic carbocycles. The number of nitrogens with two attached hydrogens (primary N) is 1. The molecule has 1 amide bonds. The van der Waals surface area contributed by atoms with Gasteiger partial charge in [0.25, 0.3) is 11.6 Å². The smallest absolute Gasteiger partial charge is 0.300 e. The van der Waals surface area contributed by atoms with E-state index < -0.39 is 10.8 Å². The highest BCUT2D eigenvalue weighted by Gasteiger charge is 2.21. The highest BCUT2D eigenvalue weighted by Crippen LogP contribution is 2.26. The summed E-state index contributed by atoms with van der Waals surface area (Å²) in [6, 6.07) is 1.24. The zero-order valence-electron chi connectivity index (χ0n) is 11.9. The van der Waals surface area contributed by atoms with Crippen molar-refractivity contribution in [3.8, 4) is 0 Å². The molecule has 0 spiro atoms. The molecule has 3 N–H and O–H groups in total. The van der Waals surface area contributed by atoms with Crippen LogP contribution in [-0.2, 0) is 0 Å². The van der Waals surface area contributed by atoms with Crippen LogP contribution in [0.1, 0.15) is 48.9 Å². The third-order valence-electron chi connectivity index (χ3n) is 3.91. The zero-order chi connectivity index (χ0) is 15.2. The highest BCUT2D eigenvalue weighted by molar-refractivity contribution is 5.98. The number of nitro groups is 1. The maximum absolute atomic E-state index is 12.1. The lowest BCUT2D eigenvalue weighted by atomic mass is 9.87. The summed E-state index contributed by atoms with van der Waals surface area (Å²) in [5, 5.41) is 13.6. The topological polar surface area (TPSA) is 111 Å². The van der Waals surface area contributed by atoms with E-state index in [1.807, 2.05) is 0 Å². The first-order valence-corrected chi connectivity index (χ1v) is 7.26. The van der Waals surface area contributed by atoms with Crippen molar-refractivity contribution in [2.24, 2.45) is 5.92 Å². The van der Waals surface area contributed by atoms with Gasteiger partial charge in [-0.15, -0.1) is 0 Å². The lowest BCUT2D eigenvalue weighted by Crippen LogP contribution is -2.27. The Labute approximate surface area is 123 Å². The number of nitrogens with one attached hydrogen (secondary N) is 1. The van der Waals surface area contributed by atoms with Crippen LogP contribution in [0.25, 0.3) is 0 Å². The van der Waals surface area contributed by atoms with Crippen LogP contribution in [0.5, 0.6) is 0 Å². The van der Waals surface area contributed by atoms with Crippen molar-refractivity contribution in [2.45, 2.75) is 38.5 Å². The van der Waals surface area contributed by atoms with Crippen LogP contribution in [0.3, 0.4) is 0 Å². The molecule has 0 radical (unpaired) electrons. The van der Waals surface area contributed by atoms with Gasteiger partial charge in [-0.3, -0.25) is 14.9 Å². The van der Waals surface area contributed by atoms with Crippen molar-refractivity contribution in [2.75, 3.05) is 12.3 Å². The van der Waals surface area contributed by atoms with Gasteiger partial charge >= 0.3 is 0 Å². The van der Waals surface area contributed by atoms with Gasteiger partial charge in [-0.05, 0) is 18.4 Å². The number of hydrogen-bond donors (Lipinski definition) is 2. The number of nitrogens with zero attached hydrogens (tertiary/aromatic N) is 2. The minimum absolute atomic E-state index is 0.0313. The predicted molar refractivity (Wildman–Crippen MR) is 78.8 cm³/mol. The van der Waals surface area contributed by atoms with E-state index in [-0.39, 0.29) is 17.1 Å². The van der Waals surface area contributed by atoms with Gasteiger partial charge in [0.05, 0.1) is 4.92 Å². The molecule has 1 heterocycles. The largest absolute Gasteiger partial charge is 0.384 e. The molecule has 0 unspecified atom stereocenters. The number of amides is 1. The Bertz CT molecular complexity index is 527. The summed E-state index contributed by atoms with van der Waals surface area (Å²) in [7, 11) is 0. The molecule has 1 aromatic heterocycles. The fourth-order valence-corrected chi connectivity index (χ4v) is 2.75. The van der Waals surface area contributed by atoms with Gasteiger partial charge in [-0.2, -0.15) is 0 Å². The van der Waals surface area contributed by atoms with E-state index in [0.29, 0.717) is 12.5 Å². The maximum Gasteiger partial charge on any atom is 0.300 e. The molecule has 1 fully saturated rings. The third kappa shape index (κ3) is 4.14. The van der Waals surface area contributed by atoms with E-state index in [2.05, 4.69) is 10.3 Å². The molecule has 0 aromatic carbocycles. The standard InChI is InChI=1S/C14H20N4O3/c15-13-8-11(12(9-17-13)18(20)21)14(19)16-7-6-10-4-2-1-3-5-10/h8-10H,1-7H2,(H2,15,17)(H,16,19). The van der Waals surface area contributed by atoms with Crippen LogP contribution in [0.4, 0.5) is 11.5 Å². The van der Waals surface area contributed by atoms with E-state index in [4.69, 9.17) is 5.73 Å². The van der Waals surface area contributed by atoms with Crippen LogP contribution in [0, 0.1) is 16.0 Å². The lowest BCUT2D eigenvalue weighted by molar-refractivity contribution is -0.385. The van der Waals surface area contributed by atoms with Crippen LogP contribution in [0.15, 0.2) is 12.3 Å². The molecule has 1 saturated carbocycles. The van der Waals surface area contributed by atoms with Gasteiger partial charge in [-0.25, -0.2) is 4.98 Å². The fraction of sp³-hybridized carbons (Fsp3) is 0.571. The minimum atomic E-state index is -0.623. The average molecular weight is 292 g/mol. The van der Waals surface area contributed by atoms with Crippen molar-refractivity contribution < 1.29 is 9.72 Å². The molecule has 1 aromatic rings. The Morgan fingerprint density at radius 2 is 2.14 bits per heavy atom. The monoisotopic (exact) mass is 292 g/mol. The number of aromatic nitrogens is 1. The summed E-state index contributed by atoms with van der Waals surface area (Å²) in [5.74, 6) is 0.279. The number of carbonyl (C=O) groups is 1. The predicted octanol–water partition coefficient (Wildman–Crippen LogP) is 2.27. The van der Waals surface area contributed by atoms with Gasteiger partial charge < -0.3 is 11.1 Å². The Morgan fingerprint density at radius 1 is 1.43 bits per heavy atom. The molecular formula is C14H20N4O3. The van der Waals surface area contributed by atoms with E-state index in [1.54, 1.807) is 0 Å². The van der Waals surface area contributed by atoms with E-state index in [0.717, 1.165) is 12.6 Å². The van der Waals surface area contributed by atoms with Crippen molar-refractivity contribution in [3.63, 3.8) is 0 Å². The van der Waals surface area contributed by atoms with Gasteiger partial charge in [0.1, 0.15) is 17.6 Å². The molecule has 114 valence electrons. The summed E-state index contributed by atoms with van der Waals surface area (Å²) in [4.78, 5) is 26.0. The van der Waals surface area contributed by atoms with E-state index in [1.165, 1.54) is 38.2 Å². The molecule has 0 aliphatic heterocycles. The lowest BCUT2D eigenvalue weighted by Gasteiger charge is -2.21. The SMILES string of the molecule is Nc1cc(C(=O)NCCC2CCCCC2)c([N+](=O)[O-])cn1. The minimum Gasteiger partial charge on any atom is -0.384 e. The Balaban J connectivity index is 1.93.